The highest BCUT2D eigenvalue weighted by atomic mass is 35.5. The Kier molecular flexibility index (Phi) is 7.87. The first-order chi connectivity index (χ1) is 5.20. The molecule has 0 aliphatic carbocycles. The van der Waals surface area contributed by atoms with E-state index in [4.69, 9.17) is 28.1 Å². The monoisotopic (exact) mass is 220 g/mol. The lowest BCUT2D eigenvalue weighted by Gasteiger charge is -2.11. The fourth-order valence-electron chi connectivity index (χ4n) is 0.648. The maximum atomic E-state index is 10.2. The molecule has 1 N–H and O–H groups in total. The minimum Gasteiger partial charge on any atom is -0.326 e. The third-order valence-electron chi connectivity index (χ3n) is 1.13. The predicted molar refractivity (Wildman–Crippen MR) is 46.8 cm³/mol. The Bertz CT molecular complexity index is 116. The van der Waals surface area contributed by atoms with E-state index in [1.54, 1.807) is 0 Å². The van der Waals surface area contributed by atoms with Crippen LogP contribution in [0.4, 0.5) is 0 Å². The molecule has 1 atom stereocenters. The Balaban J connectivity index is 3.59. The van der Waals surface area contributed by atoms with Gasteiger partial charge in [0.15, 0.2) is 0 Å². The highest BCUT2D eigenvalue weighted by Crippen LogP contribution is 2.22. The minimum absolute atomic E-state index is 0.276. The van der Waals surface area contributed by atoms with Gasteiger partial charge in [0.2, 0.25) is 0 Å². The van der Waals surface area contributed by atoms with Gasteiger partial charge in [-0.25, -0.2) is 0 Å². The van der Waals surface area contributed by atoms with Gasteiger partial charge in [0, 0.05) is 11.8 Å². The number of rotatable bonds is 6. The molecule has 0 amide bonds. The van der Waals surface area contributed by atoms with Crippen LogP contribution >= 0.6 is 31.5 Å². The molecule has 0 aliphatic heterocycles. The van der Waals surface area contributed by atoms with E-state index in [9.17, 15) is 4.57 Å². The third kappa shape index (κ3) is 7.10. The van der Waals surface area contributed by atoms with E-state index in [2.05, 4.69) is 4.52 Å². The van der Waals surface area contributed by atoms with Gasteiger partial charge in [-0.1, -0.05) is 0 Å². The van der Waals surface area contributed by atoms with Gasteiger partial charge >= 0.3 is 8.25 Å². The molecule has 0 rings (SSSR count). The quantitative estimate of drug-likeness (QED) is 0.551. The minimum atomic E-state index is -2.84. The second-order valence-corrected chi connectivity index (χ2v) is 3.48. The molecule has 0 aromatic carbocycles. The van der Waals surface area contributed by atoms with Crippen molar-refractivity contribution in [1.82, 2.24) is 0 Å². The molecule has 0 aromatic rings. The summed E-state index contributed by atoms with van der Waals surface area (Å²) >= 11 is 10.8. The van der Waals surface area contributed by atoms with E-state index in [-0.39, 0.29) is 6.10 Å². The van der Waals surface area contributed by atoms with E-state index in [0.29, 0.717) is 24.6 Å². The first-order valence-corrected chi connectivity index (χ1v) is 5.55. The van der Waals surface area contributed by atoms with E-state index >= 15 is 0 Å². The van der Waals surface area contributed by atoms with Gasteiger partial charge in [-0.05, 0) is 12.8 Å². The Morgan fingerprint density at radius 1 is 1.36 bits per heavy atom. The largest absolute Gasteiger partial charge is 0.326 e. The van der Waals surface area contributed by atoms with Gasteiger partial charge < -0.3 is 9.42 Å². The summed E-state index contributed by atoms with van der Waals surface area (Å²) in [4.78, 5) is 8.41. The van der Waals surface area contributed by atoms with Crippen molar-refractivity contribution in [3.8, 4) is 0 Å². The van der Waals surface area contributed by atoms with Gasteiger partial charge in [0.25, 0.3) is 0 Å². The maximum absolute atomic E-state index is 10.2. The van der Waals surface area contributed by atoms with Gasteiger partial charge in [0.1, 0.15) is 0 Å². The van der Waals surface area contributed by atoms with E-state index in [1.807, 2.05) is 0 Å². The smallest absolute Gasteiger partial charge is 0.316 e. The first-order valence-electron chi connectivity index (χ1n) is 3.22. The summed E-state index contributed by atoms with van der Waals surface area (Å²) in [6.45, 7) is 0. The van der Waals surface area contributed by atoms with Crippen LogP contribution in [0.5, 0.6) is 0 Å². The van der Waals surface area contributed by atoms with E-state index < -0.39 is 8.25 Å². The van der Waals surface area contributed by atoms with Crippen LogP contribution in [0.25, 0.3) is 0 Å². The second kappa shape index (κ2) is 7.38. The predicted octanol–water partition coefficient (Wildman–Crippen LogP) is 2.01. The van der Waals surface area contributed by atoms with Crippen LogP contribution < -0.4 is 0 Å². The molecule has 68 valence electrons. The van der Waals surface area contributed by atoms with Crippen LogP contribution in [0.2, 0.25) is 0 Å². The summed E-state index contributed by atoms with van der Waals surface area (Å²) in [5, 5.41) is 0. The van der Waals surface area contributed by atoms with Gasteiger partial charge in [-0.2, -0.15) is 0 Å². The van der Waals surface area contributed by atoms with Gasteiger partial charge in [-0.15, -0.1) is 23.2 Å². The van der Waals surface area contributed by atoms with Gasteiger partial charge in [-0.3, -0.25) is 4.57 Å². The Morgan fingerprint density at radius 2 is 1.82 bits per heavy atom. The molecule has 6 heteroatoms. The topological polar surface area (TPSA) is 46.5 Å². The summed E-state index contributed by atoms with van der Waals surface area (Å²) in [7, 11) is -2.84. The summed E-state index contributed by atoms with van der Waals surface area (Å²) in [6.07, 6.45) is 0.845. The molecule has 3 nitrogen and oxygen atoms in total. The van der Waals surface area contributed by atoms with Gasteiger partial charge in [0.05, 0.1) is 6.10 Å². The lowest BCUT2D eigenvalue weighted by Crippen LogP contribution is -2.10. The van der Waals surface area contributed by atoms with Crippen molar-refractivity contribution in [2.45, 2.75) is 18.9 Å². The van der Waals surface area contributed by atoms with Crippen LogP contribution in [0, 0.1) is 0 Å². The molecule has 0 radical (unpaired) electrons. The average Bonchev–Trinajstić information content (AvgIpc) is 1.87. The highest BCUT2D eigenvalue weighted by molar-refractivity contribution is 7.32. The average molecular weight is 221 g/mol. The third-order valence-corrected chi connectivity index (χ3v) is 2.10. The molecule has 11 heavy (non-hydrogen) atoms. The van der Waals surface area contributed by atoms with E-state index in [1.165, 1.54) is 0 Å². The van der Waals surface area contributed by atoms with Crippen molar-refractivity contribution in [1.29, 1.82) is 0 Å². The lowest BCUT2D eigenvalue weighted by atomic mass is 10.2. The van der Waals surface area contributed by atoms with E-state index in [0.717, 1.165) is 0 Å². The summed E-state index contributed by atoms with van der Waals surface area (Å²) in [6, 6.07) is 0. The zero-order valence-corrected chi connectivity index (χ0v) is 8.44. The molecular formula is C5H11Cl2O3P. The number of alkyl halides is 2. The zero-order valence-electron chi connectivity index (χ0n) is 5.93. The SMILES string of the molecule is O=[PH](O)OC(CCCl)CCCl. The fourth-order valence-corrected chi connectivity index (χ4v) is 1.66. The van der Waals surface area contributed by atoms with Crippen molar-refractivity contribution in [2.24, 2.45) is 0 Å². The van der Waals surface area contributed by atoms with Crippen molar-refractivity contribution < 1.29 is 14.0 Å². The molecule has 0 saturated carbocycles. The summed E-state index contributed by atoms with van der Waals surface area (Å²) < 4.78 is 14.9. The summed E-state index contributed by atoms with van der Waals surface area (Å²) in [5.41, 5.74) is 0. The molecule has 0 saturated heterocycles. The molecule has 0 aromatic heterocycles. The van der Waals surface area contributed by atoms with Crippen LogP contribution in [0.1, 0.15) is 12.8 Å². The standard InChI is InChI=1S/C5H11Cl2O3P/c6-3-1-5(2-4-7)10-11(8)9/h5,11H,1-4H2,(H,8,9). The normalized spacial score (nSPS) is 13.8. The van der Waals surface area contributed by atoms with Crippen molar-refractivity contribution in [3.05, 3.63) is 0 Å². The molecular weight excluding hydrogens is 210 g/mol. The Morgan fingerprint density at radius 3 is 2.09 bits per heavy atom. The highest BCUT2D eigenvalue weighted by Gasteiger charge is 2.09. The lowest BCUT2D eigenvalue weighted by molar-refractivity contribution is 0.182. The summed E-state index contributed by atoms with van der Waals surface area (Å²) in [5.74, 6) is 0.827. The first kappa shape index (κ1) is 11.7. The molecule has 0 spiro atoms. The molecule has 0 fully saturated rings. The fraction of sp³-hybridized carbons (Fsp3) is 1.00. The molecule has 0 aliphatic rings. The Labute approximate surface area is 76.6 Å². The Hall–Kier alpha value is 0.730. The van der Waals surface area contributed by atoms with Crippen LogP contribution in [-0.4, -0.2) is 22.8 Å². The van der Waals surface area contributed by atoms with Crippen LogP contribution in [0.15, 0.2) is 0 Å². The second-order valence-electron chi connectivity index (χ2n) is 1.96. The number of hydrogen-bond acceptors (Lipinski definition) is 2. The van der Waals surface area contributed by atoms with Crippen molar-refractivity contribution in [3.63, 3.8) is 0 Å². The van der Waals surface area contributed by atoms with Crippen molar-refractivity contribution >= 4 is 31.5 Å². The zero-order chi connectivity index (χ0) is 8.69. The number of halogens is 2. The maximum Gasteiger partial charge on any atom is 0.316 e. The van der Waals surface area contributed by atoms with Crippen LogP contribution in [0.3, 0.4) is 0 Å². The van der Waals surface area contributed by atoms with Crippen LogP contribution in [-0.2, 0) is 9.09 Å². The number of hydrogen-bond donors (Lipinski definition) is 1. The molecule has 0 heterocycles. The molecule has 1 unspecified atom stereocenters. The van der Waals surface area contributed by atoms with Crippen molar-refractivity contribution in [2.75, 3.05) is 11.8 Å². The molecule has 0 bridgehead atoms.